The van der Waals surface area contributed by atoms with Crippen molar-refractivity contribution in [2.24, 2.45) is 0 Å². The number of amides is 2. The Balaban J connectivity index is 2.03. The predicted molar refractivity (Wildman–Crippen MR) is 75.9 cm³/mol. The van der Waals surface area contributed by atoms with Gasteiger partial charge in [-0.1, -0.05) is 6.07 Å². The Hall–Kier alpha value is -2.90. The molecule has 1 fully saturated rings. The second kappa shape index (κ2) is 5.38. The maximum absolute atomic E-state index is 12.5. The van der Waals surface area contributed by atoms with E-state index in [1.807, 2.05) is 0 Å². The van der Waals surface area contributed by atoms with Crippen LogP contribution in [0.2, 0.25) is 0 Å². The van der Waals surface area contributed by atoms with E-state index in [0.29, 0.717) is 6.42 Å². The largest absolute Gasteiger partial charge is 0.299 e. The van der Waals surface area contributed by atoms with Crippen molar-refractivity contribution in [3.05, 3.63) is 39.4 Å². The Morgan fingerprint density at radius 2 is 1.87 bits per heavy atom. The average molecular weight is 316 g/mol. The van der Waals surface area contributed by atoms with Crippen LogP contribution >= 0.6 is 0 Å². The number of hydrogen-bond acceptors (Lipinski definition) is 6. The second-order valence-corrected chi connectivity index (χ2v) is 5.53. The first-order valence-corrected chi connectivity index (χ1v) is 7.11. The minimum atomic E-state index is -1.03. The quantitative estimate of drug-likeness (QED) is 0.267. The van der Waals surface area contributed by atoms with Gasteiger partial charge in [-0.3, -0.25) is 34.2 Å². The van der Waals surface area contributed by atoms with Crippen LogP contribution in [0.4, 0.5) is 5.69 Å². The molecule has 2 amide bonds. The minimum Gasteiger partial charge on any atom is -0.299 e. The molecule has 1 aromatic carbocycles. The number of nitro benzene ring substituents is 1. The standard InChI is InChI=1S/C15H12N2O6/c18-8-3-1-5-10(12(19)7-8)16-14(20)9-4-2-6-11(17(22)23)13(9)15(16)21/h2,4,6,10H,1,3,5,7H2/t10-/m1/s1. The van der Waals surface area contributed by atoms with Crippen LogP contribution in [0.15, 0.2) is 18.2 Å². The van der Waals surface area contributed by atoms with Gasteiger partial charge >= 0.3 is 0 Å². The van der Waals surface area contributed by atoms with Gasteiger partial charge in [0.25, 0.3) is 17.5 Å². The Kier molecular flexibility index (Phi) is 3.51. The lowest BCUT2D eigenvalue weighted by Gasteiger charge is -2.23. The molecule has 3 rings (SSSR count). The molecule has 8 heteroatoms. The number of nitro groups is 1. The molecule has 1 atom stereocenters. The van der Waals surface area contributed by atoms with Crippen molar-refractivity contribution in [2.75, 3.05) is 0 Å². The zero-order chi connectivity index (χ0) is 16.7. The number of fused-ring (bicyclic) bond motifs is 1. The lowest BCUT2D eigenvalue weighted by atomic mass is 10.1. The molecule has 1 saturated carbocycles. The molecule has 0 spiro atoms. The highest BCUT2D eigenvalue weighted by molar-refractivity contribution is 6.25. The number of carbonyl (C=O) groups excluding carboxylic acids is 4. The van der Waals surface area contributed by atoms with Crippen molar-refractivity contribution >= 4 is 29.1 Å². The fraction of sp³-hybridized carbons (Fsp3) is 0.333. The summed E-state index contributed by atoms with van der Waals surface area (Å²) in [6.07, 6.45) is 0.500. The summed E-state index contributed by atoms with van der Waals surface area (Å²) in [5, 5.41) is 11.1. The lowest BCUT2D eigenvalue weighted by molar-refractivity contribution is -0.385. The van der Waals surface area contributed by atoms with Crippen LogP contribution in [-0.4, -0.2) is 39.2 Å². The van der Waals surface area contributed by atoms with Gasteiger partial charge in [-0.25, -0.2) is 0 Å². The number of hydrogen-bond donors (Lipinski definition) is 0. The summed E-state index contributed by atoms with van der Waals surface area (Å²) in [6, 6.07) is 2.76. The van der Waals surface area contributed by atoms with Crippen LogP contribution in [0.25, 0.3) is 0 Å². The number of imide groups is 1. The van der Waals surface area contributed by atoms with E-state index in [-0.39, 0.29) is 36.2 Å². The first-order chi connectivity index (χ1) is 10.9. The van der Waals surface area contributed by atoms with Crippen LogP contribution in [0, 0.1) is 10.1 Å². The lowest BCUT2D eigenvalue weighted by Crippen LogP contribution is -2.44. The molecule has 1 aliphatic heterocycles. The summed E-state index contributed by atoms with van der Waals surface area (Å²) in [4.78, 5) is 59.8. The van der Waals surface area contributed by atoms with Crippen LogP contribution < -0.4 is 0 Å². The first-order valence-electron chi connectivity index (χ1n) is 7.11. The van der Waals surface area contributed by atoms with Crippen molar-refractivity contribution < 1.29 is 24.1 Å². The normalized spacial score (nSPS) is 21.4. The molecule has 1 aromatic rings. The predicted octanol–water partition coefficient (Wildman–Crippen LogP) is 1.27. The number of Topliss-reactive ketones (excluding diaryl/α,β-unsaturated/α-hetero) is 2. The summed E-state index contributed by atoms with van der Waals surface area (Å²) >= 11 is 0. The van der Waals surface area contributed by atoms with Crippen molar-refractivity contribution in [3.63, 3.8) is 0 Å². The number of rotatable bonds is 2. The average Bonchev–Trinajstić information content (AvgIpc) is 2.64. The Morgan fingerprint density at radius 3 is 2.57 bits per heavy atom. The number of nitrogens with zero attached hydrogens (tertiary/aromatic N) is 2. The summed E-state index contributed by atoms with van der Waals surface area (Å²) in [7, 11) is 0. The fourth-order valence-corrected chi connectivity index (χ4v) is 3.05. The molecule has 0 radical (unpaired) electrons. The number of benzene rings is 1. The summed E-state index contributed by atoms with van der Waals surface area (Å²) in [5.41, 5.74) is -0.820. The van der Waals surface area contributed by atoms with Crippen molar-refractivity contribution in [1.29, 1.82) is 0 Å². The fourth-order valence-electron chi connectivity index (χ4n) is 3.05. The topological polar surface area (TPSA) is 115 Å². The monoisotopic (exact) mass is 316 g/mol. The van der Waals surface area contributed by atoms with E-state index in [1.54, 1.807) is 0 Å². The molecule has 0 aromatic heterocycles. The zero-order valence-corrected chi connectivity index (χ0v) is 12.0. The van der Waals surface area contributed by atoms with Crippen molar-refractivity contribution in [3.8, 4) is 0 Å². The molecule has 0 bridgehead atoms. The van der Waals surface area contributed by atoms with Crippen LogP contribution in [0.1, 0.15) is 46.4 Å². The van der Waals surface area contributed by atoms with E-state index in [4.69, 9.17) is 0 Å². The van der Waals surface area contributed by atoms with Gasteiger partial charge in [0, 0.05) is 12.5 Å². The third kappa shape index (κ3) is 2.32. The van der Waals surface area contributed by atoms with E-state index in [2.05, 4.69) is 0 Å². The van der Waals surface area contributed by atoms with Crippen LogP contribution in [-0.2, 0) is 9.59 Å². The van der Waals surface area contributed by atoms with Crippen molar-refractivity contribution in [1.82, 2.24) is 4.90 Å². The van der Waals surface area contributed by atoms with Crippen LogP contribution in [0.3, 0.4) is 0 Å². The smallest absolute Gasteiger partial charge is 0.282 e. The molecular formula is C15H12N2O6. The zero-order valence-electron chi connectivity index (χ0n) is 12.0. The number of ketones is 2. The highest BCUT2D eigenvalue weighted by Crippen LogP contribution is 2.33. The third-order valence-corrected chi connectivity index (χ3v) is 4.11. The van der Waals surface area contributed by atoms with Gasteiger partial charge < -0.3 is 0 Å². The summed E-state index contributed by atoms with van der Waals surface area (Å²) in [5.74, 6) is -2.28. The van der Waals surface area contributed by atoms with E-state index in [1.165, 1.54) is 12.1 Å². The van der Waals surface area contributed by atoms with Crippen molar-refractivity contribution in [2.45, 2.75) is 31.7 Å². The molecule has 0 N–H and O–H groups in total. The Morgan fingerprint density at radius 1 is 1.13 bits per heavy atom. The molecule has 0 unspecified atom stereocenters. The van der Waals surface area contributed by atoms with Gasteiger partial charge in [-0.05, 0) is 18.9 Å². The van der Waals surface area contributed by atoms with Gasteiger partial charge in [-0.2, -0.15) is 0 Å². The summed E-state index contributed by atoms with van der Waals surface area (Å²) < 4.78 is 0. The number of carbonyl (C=O) groups is 4. The SMILES string of the molecule is O=C1CCC[C@@H](N2C(=O)c3cccc([N+](=O)[O-])c3C2=O)C(=O)C1. The highest BCUT2D eigenvalue weighted by Gasteiger charge is 2.46. The molecule has 2 aliphatic rings. The molecule has 118 valence electrons. The van der Waals surface area contributed by atoms with Gasteiger partial charge in [0.2, 0.25) is 0 Å². The second-order valence-electron chi connectivity index (χ2n) is 5.53. The molecule has 23 heavy (non-hydrogen) atoms. The maximum Gasteiger partial charge on any atom is 0.282 e. The third-order valence-electron chi connectivity index (χ3n) is 4.11. The minimum absolute atomic E-state index is 0.0763. The maximum atomic E-state index is 12.5. The molecule has 1 heterocycles. The first kappa shape index (κ1) is 15.0. The van der Waals surface area contributed by atoms with Gasteiger partial charge in [0.15, 0.2) is 5.78 Å². The van der Waals surface area contributed by atoms with Crippen LogP contribution in [0.5, 0.6) is 0 Å². The molecular weight excluding hydrogens is 304 g/mol. The van der Waals surface area contributed by atoms with E-state index in [0.717, 1.165) is 11.0 Å². The summed E-state index contributed by atoms with van der Waals surface area (Å²) in [6.45, 7) is 0. The van der Waals surface area contributed by atoms with Gasteiger partial charge in [-0.15, -0.1) is 0 Å². The Labute approximate surface area is 130 Å². The molecule has 1 aliphatic carbocycles. The highest BCUT2D eigenvalue weighted by atomic mass is 16.6. The van der Waals surface area contributed by atoms with E-state index < -0.39 is 34.3 Å². The van der Waals surface area contributed by atoms with E-state index in [9.17, 15) is 29.3 Å². The van der Waals surface area contributed by atoms with E-state index >= 15 is 0 Å². The van der Waals surface area contributed by atoms with Gasteiger partial charge in [0.05, 0.1) is 22.9 Å². The Bertz CT molecular complexity index is 769. The molecule has 0 saturated heterocycles. The van der Waals surface area contributed by atoms with Gasteiger partial charge in [0.1, 0.15) is 11.3 Å². The molecule has 8 nitrogen and oxygen atoms in total.